The number of halogens is 1. The molecule has 0 spiro atoms. The number of aryl methyl sites for hydroxylation is 2. The third kappa shape index (κ3) is 3.35. The summed E-state index contributed by atoms with van der Waals surface area (Å²) < 4.78 is 28.1. The molecule has 1 fully saturated rings. The molecule has 1 N–H and O–H groups in total. The molecule has 1 aliphatic rings. The Bertz CT molecular complexity index is 578. The lowest BCUT2D eigenvalue weighted by atomic mass is 9.84. The van der Waals surface area contributed by atoms with Gasteiger partial charge in [0.1, 0.15) is 0 Å². The van der Waals surface area contributed by atoms with E-state index in [4.69, 9.17) is 11.6 Å². The van der Waals surface area contributed by atoms with Crippen LogP contribution in [-0.2, 0) is 10.0 Å². The molecule has 1 aromatic rings. The normalized spacial score (nSPS) is 18.9. The molecule has 2 rings (SSSR count). The van der Waals surface area contributed by atoms with Gasteiger partial charge in [0.25, 0.3) is 0 Å². The Morgan fingerprint density at radius 3 is 2.40 bits per heavy atom. The van der Waals surface area contributed by atoms with Gasteiger partial charge in [0.05, 0.1) is 4.90 Å². The van der Waals surface area contributed by atoms with E-state index in [2.05, 4.69) is 4.72 Å². The molecule has 0 radical (unpaired) electrons. The van der Waals surface area contributed by atoms with Crippen LogP contribution in [0, 0.1) is 13.8 Å². The lowest BCUT2D eigenvalue weighted by Gasteiger charge is -2.36. The van der Waals surface area contributed by atoms with Crippen LogP contribution in [0.3, 0.4) is 0 Å². The van der Waals surface area contributed by atoms with Crippen LogP contribution in [-0.4, -0.2) is 19.8 Å². The van der Waals surface area contributed by atoms with Gasteiger partial charge in [-0.2, -0.15) is 0 Å². The standard InChI is InChI=1S/C15H22ClNO2S/c1-12-6-7-14(13(2)10-12)20(18,19)17-15(11-16)8-4-3-5-9-15/h6-7,10,17H,3-5,8-9,11H2,1-2H3. The highest BCUT2D eigenvalue weighted by Crippen LogP contribution is 2.31. The van der Waals surface area contributed by atoms with Crippen molar-refractivity contribution in [1.82, 2.24) is 4.72 Å². The molecular formula is C15H22ClNO2S. The topological polar surface area (TPSA) is 46.2 Å². The van der Waals surface area contributed by atoms with Gasteiger partial charge in [-0.25, -0.2) is 13.1 Å². The molecular weight excluding hydrogens is 294 g/mol. The van der Waals surface area contributed by atoms with Crippen LogP contribution in [0.25, 0.3) is 0 Å². The Morgan fingerprint density at radius 1 is 1.20 bits per heavy atom. The molecule has 0 amide bonds. The van der Waals surface area contributed by atoms with Gasteiger partial charge in [0, 0.05) is 11.4 Å². The van der Waals surface area contributed by atoms with Gasteiger partial charge < -0.3 is 0 Å². The van der Waals surface area contributed by atoms with Crippen LogP contribution in [0.15, 0.2) is 23.1 Å². The van der Waals surface area contributed by atoms with Crippen molar-refractivity contribution in [3.05, 3.63) is 29.3 Å². The maximum atomic E-state index is 12.6. The van der Waals surface area contributed by atoms with Crippen molar-refractivity contribution < 1.29 is 8.42 Å². The number of benzene rings is 1. The van der Waals surface area contributed by atoms with Crippen LogP contribution in [0.5, 0.6) is 0 Å². The molecule has 1 aromatic carbocycles. The van der Waals surface area contributed by atoms with Crippen LogP contribution in [0.2, 0.25) is 0 Å². The van der Waals surface area contributed by atoms with Crippen LogP contribution in [0.4, 0.5) is 0 Å². The van der Waals surface area contributed by atoms with Gasteiger partial charge >= 0.3 is 0 Å². The van der Waals surface area contributed by atoms with E-state index in [1.165, 1.54) is 0 Å². The summed E-state index contributed by atoms with van der Waals surface area (Å²) in [5.41, 5.74) is 1.36. The Morgan fingerprint density at radius 2 is 1.85 bits per heavy atom. The largest absolute Gasteiger partial charge is 0.241 e. The summed E-state index contributed by atoms with van der Waals surface area (Å²) in [4.78, 5) is 0.359. The maximum Gasteiger partial charge on any atom is 0.241 e. The summed E-state index contributed by atoms with van der Waals surface area (Å²) in [7, 11) is -3.51. The van der Waals surface area contributed by atoms with Gasteiger partial charge in [-0.15, -0.1) is 11.6 Å². The number of hydrogen-bond donors (Lipinski definition) is 1. The van der Waals surface area contributed by atoms with E-state index < -0.39 is 15.6 Å². The molecule has 0 heterocycles. The smallest absolute Gasteiger partial charge is 0.207 e. The second kappa shape index (κ2) is 6.04. The third-order valence-electron chi connectivity index (χ3n) is 4.04. The van der Waals surface area contributed by atoms with Crippen molar-refractivity contribution in [3.63, 3.8) is 0 Å². The SMILES string of the molecule is Cc1ccc(S(=O)(=O)NC2(CCl)CCCCC2)c(C)c1. The van der Waals surface area contributed by atoms with Crippen molar-refractivity contribution >= 4 is 21.6 Å². The Kier molecular flexibility index (Phi) is 4.77. The second-order valence-electron chi connectivity index (χ2n) is 5.85. The summed E-state index contributed by atoms with van der Waals surface area (Å²) >= 11 is 6.07. The molecule has 0 saturated heterocycles. The van der Waals surface area contributed by atoms with Crippen molar-refractivity contribution in [3.8, 4) is 0 Å². The van der Waals surface area contributed by atoms with Gasteiger partial charge in [-0.3, -0.25) is 0 Å². The highest BCUT2D eigenvalue weighted by atomic mass is 35.5. The van der Waals surface area contributed by atoms with E-state index in [9.17, 15) is 8.42 Å². The molecule has 112 valence electrons. The number of hydrogen-bond acceptors (Lipinski definition) is 2. The predicted octanol–water partition coefficient (Wildman–Crippen LogP) is 3.52. The minimum absolute atomic E-state index is 0.330. The highest BCUT2D eigenvalue weighted by molar-refractivity contribution is 7.89. The second-order valence-corrected chi connectivity index (χ2v) is 7.77. The first-order valence-corrected chi connectivity index (χ1v) is 9.08. The first kappa shape index (κ1) is 15.8. The fourth-order valence-corrected chi connectivity index (χ4v) is 5.03. The lowest BCUT2D eigenvalue weighted by molar-refractivity contribution is 0.298. The molecule has 5 heteroatoms. The summed E-state index contributed by atoms with van der Waals surface area (Å²) in [6.45, 7) is 3.79. The molecule has 0 aromatic heterocycles. The van der Waals surface area contributed by atoms with Gasteiger partial charge in [0.2, 0.25) is 10.0 Å². The zero-order valence-electron chi connectivity index (χ0n) is 12.1. The first-order valence-electron chi connectivity index (χ1n) is 7.06. The zero-order valence-corrected chi connectivity index (χ0v) is 13.6. The Hall–Kier alpha value is -0.580. The minimum Gasteiger partial charge on any atom is -0.207 e. The Labute approximate surface area is 126 Å². The number of alkyl halides is 1. The molecule has 20 heavy (non-hydrogen) atoms. The van der Waals surface area contributed by atoms with Crippen LogP contribution < -0.4 is 4.72 Å². The van der Waals surface area contributed by atoms with E-state index in [1.54, 1.807) is 6.07 Å². The minimum atomic E-state index is -3.51. The summed E-state index contributed by atoms with van der Waals surface area (Å²) in [6.07, 6.45) is 4.86. The predicted molar refractivity (Wildman–Crippen MR) is 82.8 cm³/mol. The van der Waals surface area contributed by atoms with E-state index in [0.29, 0.717) is 10.8 Å². The average Bonchev–Trinajstić information content (AvgIpc) is 2.38. The summed E-state index contributed by atoms with van der Waals surface area (Å²) in [6, 6.07) is 5.40. The van der Waals surface area contributed by atoms with Crippen molar-refractivity contribution in [2.45, 2.75) is 56.4 Å². The summed E-state index contributed by atoms with van der Waals surface area (Å²) in [5.74, 6) is 0.330. The zero-order chi connectivity index (χ0) is 14.8. The maximum absolute atomic E-state index is 12.6. The monoisotopic (exact) mass is 315 g/mol. The van der Waals surface area contributed by atoms with Crippen LogP contribution in [0.1, 0.15) is 43.2 Å². The number of rotatable bonds is 4. The van der Waals surface area contributed by atoms with E-state index in [0.717, 1.165) is 43.2 Å². The lowest BCUT2D eigenvalue weighted by Crippen LogP contribution is -2.51. The van der Waals surface area contributed by atoms with Gasteiger partial charge in [-0.05, 0) is 38.3 Å². The van der Waals surface area contributed by atoms with E-state index >= 15 is 0 Å². The quantitative estimate of drug-likeness (QED) is 0.864. The fourth-order valence-electron chi connectivity index (χ4n) is 2.93. The van der Waals surface area contributed by atoms with E-state index in [1.807, 2.05) is 26.0 Å². The third-order valence-corrected chi connectivity index (χ3v) is 6.29. The Balaban J connectivity index is 2.30. The van der Waals surface area contributed by atoms with Gasteiger partial charge in [0.15, 0.2) is 0 Å². The molecule has 3 nitrogen and oxygen atoms in total. The molecule has 1 aliphatic carbocycles. The van der Waals surface area contributed by atoms with Crippen molar-refractivity contribution in [2.75, 3.05) is 5.88 Å². The molecule has 1 saturated carbocycles. The van der Waals surface area contributed by atoms with Gasteiger partial charge in [-0.1, -0.05) is 37.0 Å². The molecule has 0 aliphatic heterocycles. The van der Waals surface area contributed by atoms with Crippen molar-refractivity contribution in [2.24, 2.45) is 0 Å². The van der Waals surface area contributed by atoms with Crippen molar-refractivity contribution in [1.29, 1.82) is 0 Å². The van der Waals surface area contributed by atoms with Crippen LogP contribution >= 0.6 is 11.6 Å². The molecule has 0 unspecified atom stereocenters. The first-order chi connectivity index (χ1) is 9.38. The fraction of sp³-hybridized carbons (Fsp3) is 0.600. The summed E-state index contributed by atoms with van der Waals surface area (Å²) in [5, 5.41) is 0. The highest BCUT2D eigenvalue weighted by Gasteiger charge is 2.36. The number of nitrogens with one attached hydrogen (secondary N) is 1. The average molecular weight is 316 g/mol. The molecule has 0 bridgehead atoms. The van der Waals surface area contributed by atoms with E-state index in [-0.39, 0.29) is 0 Å². The number of sulfonamides is 1. The molecule has 0 atom stereocenters.